The largest absolute Gasteiger partial charge is 0.396 e. The molecule has 0 saturated heterocycles. The van der Waals surface area contributed by atoms with Crippen LogP contribution in [0.3, 0.4) is 0 Å². The first-order valence-corrected chi connectivity index (χ1v) is 9.46. The summed E-state index contributed by atoms with van der Waals surface area (Å²) in [6, 6.07) is 19.8. The Balaban J connectivity index is 1.81. The van der Waals surface area contributed by atoms with Gasteiger partial charge in [0.15, 0.2) is 5.69 Å². The maximum Gasteiger partial charge on any atom is 0.276 e. The van der Waals surface area contributed by atoms with Crippen molar-refractivity contribution in [2.75, 3.05) is 13.2 Å². The number of amides is 1. The first-order chi connectivity index (χ1) is 13.6. The summed E-state index contributed by atoms with van der Waals surface area (Å²) in [5, 5.41) is 17.8. The summed E-state index contributed by atoms with van der Waals surface area (Å²) in [6.07, 6.45) is 0. The van der Waals surface area contributed by atoms with E-state index in [2.05, 4.69) is 10.3 Å². The van der Waals surface area contributed by atoms with Crippen LogP contribution in [-0.2, 0) is 13.1 Å². The monoisotopic (exact) mass is 378 g/mol. The molecular formula is C22H26N4O2. The van der Waals surface area contributed by atoms with E-state index < -0.39 is 0 Å². The van der Waals surface area contributed by atoms with E-state index >= 15 is 0 Å². The fraction of sp³-hybridized carbons (Fsp3) is 0.318. The van der Waals surface area contributed by atoms with Gasteiger partial charge in [-0.05, 0) is 24.0 Å². The highest BCUT2D eigenvalue weighted by Crippen LogP contribution is 2.15. The van der Waals surface area contributed by atoms with E-state index in [1.807, 2.05) is 74.5 Å². The minimum Gasteiger partial charge on any atom is -0.396 e. The highest BCUT2D eigenvalue weighted by molar-refractivity contribution is 5.93. The van der Waals surface area contributed by atoms with Gasteiger partial charge in [0.1, 0.15) is 0 Å². The summed E-state index contributed by atoms with van der Waals surface area (Å²) >= 11 is 0. The van der Waals surface area contributed by atoms with E-state index in [9.17, 15) is 9.90 Å². The van der Waals surface area contributed by atoms with Crippen molar-refractivity contribution < 1.29 is 9.90 Å². The van der Waals surface area contributed by atoms with E-state index in [0.717, 1.165) is 16.8 Å². The Morgan fingerprint density at radius 1 is 1.07 bits per heavy atom. The van der Waals surface area contributed by atoms with E-state index in [-0.39, 0.29) is 18.4 Å². The van der Waals surface area contributed by atoms with E-state index in [1.54, 1.807) is 9.58 Å². The Morgan fingerprint density at radius 3 is 2.29 bits per heavy atom. The van der Waals surface area contributed by atoms with Crippen LogP contribution in [0.4, 0.5) is 0 Å². The molecule has 1 heterocycles. The Labute approximate surface area is 165 Å². The van der Waals surface area contributed by atoms with Crippen molar-refractivity contribution in [3.05, 3.63) is 83.2 Å². The van der Waals surface area contributed by atoms with E-state index in [1.165, 1.54) is 0 Å². The quantitative estimate of drug-likeness (QED) is 0.654. The number of aromatic nitrogens is 3. The lowest BCUT2D eigenvalue weighted by atomic mass is 10.1. The molecule has 1 atom stereocenters. The van der Waals surface area contributed by atoms with Gasteiger partial charge < -0.3 is 10.0 Å². The zero-order valence-electron chi connectivity index (χ0n) is 16.3. The lowest BCUT2D eigenvalue weighted by Crippen LogP contribution is -2.36. The molecule has 0 spiro atoms. The van der Waals surface area contributed by atoms with Crippen LogP contribution in [0.25, 0.3) is 0 Å². The van der Waals surface area contributed by atoms with Gasteiger partial charge in [-0.1, -0.05) is 72.8 Å². The molecule has 1 unspecified atom stereocenters. The number of aliphatic hydroxyl groups excluding tert-OH is 1. The van der Waals surface area contributed by atoms with Gasteiger partial charge in [0.05, 0.1) is 12.2 Å². The molecule has 146 valence electrons. The first-order valence-electron chi connectivity index (χ1n) is 9.46. The van der Waals surface area contributed by atoms with Crippen molar-refractivity contribution >= 4 is 5.91 Å². The van der Waals surface area contributed by atoms with Gasteiger partial charge in [-0.25, -0.2) is 4.68 Å². The van der Waals surface area contributed by atoms with Gasteiger partial charge in [-0.2, -0.15) is 0 Å². The number of aliphatic hydroxyl groups is 1. The molecule has 0 aliphatic rings. The van der Waals surface area contributed by atoms with Gasteiger partial charge in [0.25, 0.3) is 5.91 Å². The maximum atomic E-state index is 13.2. The zero-order chi connectivity index (χ0) is 19.9. The van der Waals surface area contributed by atoms with Gasteiger partial charge in [-0.3, -0.25) is 4.79 Å². The highest BCUT2D eigenvalue weighted by Gasteiger charge is 2.24. The normalized spacial score (nSPS) is 12.0. The van der Waals surface area contributed by atoms with Crippen molar-refractivity contribution in [3.63, 3.8) is 0 Å². The van der Waals surface area contributed by atoms with Crippen molar-refractivity contribution in [1.82, 2.24) is 19.9 Å². The summed E-state index contributed by atoms with van der Waals surface area (Å²) in [5.41, 5.74) is 3.24. The Kier molecular flexibility index (Phi) is 6.55. The third kappa shape index (κ3) is 4.84. The molecule has 1 N–H and O–H groups in total. The third-order valence-electron chi connectivity index (χ3n) is 4.71. The maximum absolute atomic E-state index is 13.2. The SMILES string of the molecule is Cc1c(C(=O)N(Cc2ccccc2)CC(C)CO)nnn1Cc1ccccc1. The molecule has 3 aromatic rings. The molecule has 3 rings (SSSR count). The Morgan fingerprint density at radius 2 is 1.68 bits per heavy atom. The molecule has 0 aliphatic carbocycles. The zero-order valence-corrected chi connectivity index (χ0v) is 16.3. The average Bonchev–Trinajstić information content (AvgIpc) is 3.08. The van der Waals surface area contributed by atoms with Crippen molar-refractivity contribution in [3.8, 4) is 0 Å². The van der Waals surface area contributed by atoms with Gasteiger partial charge in [0, 0.05) is 19.7 Å². The third-order valence-corrected chi connectivity index (χ3v) is 4.71. The second-order valence-electron chi connectivity index (χ2n) is 7.13. The number of nitrogens with zero attached hydrogens (tertiary/aromatic N) is 4. The number of rotatable bonds is 8. The predicted octanol–water partition coefficient (Wildman–Crippen LogP) is 2.91. The minimum atomic E-state index is -0.166. The van der Waals surface area contributed by atoms with Gasteiger partial charge in [-0.15, -0.1) is 5.10 Å². The number of hydrogen-bond acceptors (Lipinski definition) is 4. The fourth-order valence-corrected chi connectivity index (χ4v) is 3.07. The molecule has 2 aromatic carbocycles. The summed E-state index contributed by atoms with van der Waals surface area (Å²) in [7, 11) is 0. The van der Waals surface area contributed by atoms with Crippen molar-refractivity contribution in [1.29, 1.82) is 0 Å². The molecule has 0 bridgehead atoms. The molecule has 6 nitrogen and oxygen atoms in total. The van der Waals surface area contributed by atoms with Crippen LogP contribution in [0.15, 0.2) is 60.7 Å². The lowest BCUT2D eigenvalue weighted by Gasteiger charge is -2.25. The van der Waals surface area contributed by atoms with E-state index in [4.69, 9.17) is 0 Å². The number of benzene rings is 2. The molecule has 6 heteroatoms. The van der Waals surface area contributed by atoms with Crippen LogP contribution in [-0.4, -0.2) is 44.1 Å². The molecular weight excluding hydrogens is 352 g/mol. The van der Waals surface area contributed by atoms with E-state index in [0.29, 0.717) is 25.3 Å². The molecule has 1 amide bonds. The van der Waals surface area contributed by atoms with Gasteiger partial charge in [0.2, 0.25) is 0 Å². The van der Waals surface area contributed by atoms with Crippen molar-refractivity contribution in [2.45, 2.75) is 26.9 Å². The Bertz CT molecular complexity index is 893. The molecule has 0 radical (unpaired) electrons. The van der Waals surface area contributed by atoms with Crippen LogP contribution >= 0.6 is 0 Å². The number of carbonyl (C=O) groups excluding carboxylic acids is 1. The molecule has 0 fully saturated rings. The second kappa shape index (κ2) is 9.28. The summed E-state index contributed by atoms with van der Waals surface area (Å²) in [4.78, 5) is 15.0. The minimum absolute atomic E-state index is 0.0210. The number of hydrogen-bond donors (Lipinski definition) is 1. The second-order valence-corrected chi connectivity index (χ2v) is 7.13. The molecule has 0 aliphatic heterocycles. The van der Waals surface area contributed by atoms with Crippen LogP contribution in [0.2, 0.25) is 0 Å². The number of carbonyl (C=O) groups is 1. The summed E-state index contributed by atoms with van der Waals surface area (Å²) < 4.78 is 1.75. The topological polar surface area (TPSA) is 71.2 Å². The summed E-state index contributed by atoms with van der Waals surface area (Å²) in [5.74, 6) is -0.187. The first kappa shape index (κ1) is 19.8. The van der Waals surface area contributed by atoms with Crippen molar-refractivity contribution in [2.24, 2.45) is 5.92 Å². The van der Waals surface area contributed by atoms with Crippen LogP contribution in [0, 0.1) is 12.8 Å². The standard InChI is InChI=1S/C22H26N4O2/c1-17(16-27)13-25(14-19-9-5-3-6-10-19)22(28)21-18(2)26(24-23-21)15-20-11-7-4-8-12-20/h3-12,17,27H,13-16H2,1-2H3. The summed E-state index contributed by atoms with van der Waals surface area (Å²) in [6.45, 7) is 5.30. The van der Waals surface area contributed by atoms with Crippen LogP contribution < -0.4 is 0 Å². The van der Waals surface area contributed by atoms with Crippen LogP contribution in [0.5, 0.6) is 0 Å². The highest BCUT2D eigenvalue weighted by atomic mass is 16.3. The molecule has 0 saturated carbocycles. The predicted molar refractivity (Wildman–Crippen MR) is 108 cm³/mol. The van der Waals surface area contributed by atoms with Gasteiger partial charge >= 0.3 is 0 Å². The van der Waals surface area contributed by atoms with Crippen LogP contribution in [0.1, 0.15) is 34.2 Å². The molecule has 1 aromatic heterocycles. The fourth-order valence-electron chi connectivity index (χ4n) is 3.07. The smallest absolute Gasteiger partial charge is 0.276 e. The molecule has 28 heavy (non-hydrogen) atoms. The Hall–Kier alpha value is -2.99. The lowest BCUT2D eigenvalue weighted by molar-refractivity contribution is 0.0687. The average molecular weight is 378 g/mol.